The highest BCUT2D eigenvalue weighted by Crippen LogP contribution is 2.01. The molecule has 0 unspecified atom stereocenters. The van der Waals surface area contributed by atoms with Crippen molar-refractivity contribution >= 4 is 0 Å². The van der Waals surface area contributed by atoms with Gasteiger partial charge in [-0.2, -0.15) is 4.39 Å². The molecule has 0 aliphatic carbocycles. The van der Waals surface area contributed by atoms with Crippen molar-refractivity contribution in [2.24, 2.45) is 0 Å². The first-order valence-corrected chi connectivity index (χ1v) is 3.35. The normalized spacial score (nSPS) is 10.1. The van der Waals surface area contributed by atoms with Gasteiger partial charge in [-0.15, -0.1) is 5.10 Å². The summed E-state index contributed by atoms with van der Waals surface area (Å²) >= 11 is 0. The third kappa shape index (κ3) is 1.16. The van der Waals surface area contributed by atoms with Gasteiger partial charge in [0, 0.05) is 0 Å². The average Bonchev–Trinajstić information content (AvgIpc) is 2.56. The van der Waals surface area contributed by atoms with E-state index in [2.05, 4.69) is 15.3 Å². The quantitative estimate of drug-likeness (QED) is 0.585. The molecule has 0 aliphatic heterocycles. The summed E-state index contributed by atoms with van der Waals surface area (Å²) in [6.45, 7) is 0. The minimum Gasteiger partial charge on any atom is -0.202 e. The van der Waals surface area contributed by atoms with Crippen molar-refractivity contribution < 1.29 is 4.39 Å². The second-order valence-corrected chi connectivity index (χ2v) is 2.17. The van der Waals surface area contributed by atoms with Crippen LogP contribution in [0.4, 0.5) is 4.39 Å². The Hall–Kier alpha value is -1.78. The first-order valence-electron chi connectivity index (χ1n) is 3.35. The third-order valence-electron chi connectivity index (χ3n) is 1.36. The van der Waals surface area contributed by atoms with Gasteiger partial charge in [0.15, 0.2) is 5.82 Å². The zero-order valence-corrected chi connectivity index (χ0v) is 6.05. The van der Waals surface area contributed by atoms with E-state index in [9.17, 15) is 4.39 Å². The molecule has 2 aromatic heterocycles. The molecule has 2 aromatic rings. The summed E-state index contributed by atoms with van der Waals surface area (Å²) in [5, 5.41) is 7.24. The van der Waals surface area contributed by atoms with E-state index in [1.165, 1.54) is 16.9 Å². The SMILES string of the molecule is Fc1cccc(-n2ccnn2)n1. The van der Waals surface area contributed by atoms with Gasteiger partial charge in [0.1, 0.15) is 0 Å². The molecule has 0 saturated carbocycles. The van der Waals surface area contributed by atoms with Gasteiger partial charge in [-0.3, -0.25) is 0 Å². The van der Waals surface area contributed by atoms with Crippen LogP contribution in [-0.2, 0) is 0 Å². The Kier molecular flexibility index (Phi) is 1.55. The lowest BCUT2D eigenvalue weighted by Gasteiger charge is -1.96. The van der Waals surface area contributed by atoms with Gasteiger partial charge in [-0.05, 0) is 12.1 Å². The molecule has 0 spiro atoms. The third-order valence-corrected chi connectivity index (χ3v) is 1.36. The van der Waals surface area contributed by atoms with Gasteiger partial charge in [0.05, 0.1) is 12.4 Å². The monoisotopic (exact) mass is 164 g/mol. The predicted molar refractivity (Wildman–Crippen MR) is 39.1 cm³/mol. The number of halogens is 1. The molecule has 0 amide bonds. The number of hydrogen-bond acceptors (Lipinski definition) is 3. The van der Waals surface area contributed by atoms with Crippen molar-refractivity contribution in [1.82, 2.24) is 20.0 Å². The first kappa shape index (κ1) is 6.90. The van der Waals surface area contributed by atoms with Gasteiger partial charge in [0.25, 0.3) is 0 Å². The van der Waals surface area contributed by atoms with Crippen LogP contribution in [0.25, 0.3) is 5.82 Å². The van der Waals surface area contributed by atoms with E-state index in [-0.39, 0.29) is 0 Å². The van der Waals surface area contributed by atoms with E-state index >= 15 is 0 Å². The van der Waals surface area contributed by atoms with Crippen LogP contribution in [0.15, 0.2) is 30.6 Å². The molecule has 12 heavy (non-hydrogen) atoms. The maximum Gasteiger partial charge on any atom is 0.214 e. The van der Waals surface area contributed by atoms with E-state index in [1.54, 1.807) is 18.3 Å². The molecular weight excluding hydrogens is 159 g/mol. The van der Waals surface area contributed by atoms with Crippen LogP contribution in [0.3, 0.4) is 0 Å². The van der Waals surface area contributed by atoms with Crippen LogP contribution < -0.4 is 0 Å². The first-order chi connectivity index (χ1) is 5.86. The Morgan fingerprint density at radius 1 is 1.33 bits per heavy atom. The van der Waals surface area contributed by atoms with Crippen molar-refractivity contribution in [1.29, 1.82) is 0 Å². The lowest BCUT2D eigenvalue weighted by molar-refractivity contribution is 0.576. The molecule has 5 heteroatoms. The Labute approximate surface area is 67.7 Å². The van der Waals surface area contributed by atoms with Crippen molar-refractivity contribution in [2.45, 2.75) is 0 Å². The number of pyridine rings is 1. The standard InChI is InChI=1S/C7H5FN4/c8-6-2-1-3-7(10-6)12-5-4-9-11-12/h1-5H. The summed E-state index contributed by atoms with van der Waals surface area (Å²) in [7, 11) is 0. The van der Waals surface area contributed by atoms with Gasteiger partial charge >= 0.3 is 0 Å². The van der Waals surface area contributed by atoms with Gasteiger partial charge in [-0.1, -0.05) is 11.3 Å². The zero-order valence-electron chi connectivity index (χ0n) is 6.05. The fourth-order valence-corrected chi connectivity index (χ4v) is 0.856. The summed E-state index contributed by atoms with van der Waals surface area (Å²) in [6, 6.07) is 4.50. The highest BCUT2D eigenvalue weighted by molar-refractivity contribution is 5.19. The molecule has 0 aromatic carbocycles. The van der Waals surface area contributed by atoms with Gasteiger partial charge in [-0.25, -0.2) is 9.67 Å². The largest absolute Gasteiger partial charge is 0.214 e. The van der Waals surface area contributed by atoms with Crippen LogP contribution in [0.5, 0.6) is 0 Å². The van der Waals surface area contributed by atoms with Crippen LogP contribution in [0, 0.1) is 5.95 Å². The number of nitrogens with zero attached hydrogens (tertiary/aromatic N) is 4. The lowest BCUT2D eigenvalue weighted by Crippen LogP contribution is -1.99. The van der Waals surface area contributed by atoms with Crippen molar-refractivity contribution in [3.05, 3.63) is 36.5 Å². The molecule has 0 aliphatic rings. The summed E-state index contributed by atoms with van der Waals surface area (Å²) in [5.74, 6) is -0.101. The Bertz CT molecular complexity index is 371. The van der Waals surface area contributed by atoms with Crippen LogP contribution >= 0.6 is 0 Å². The molecular formula is C7H5FN4. The van der Waals surface area contributed by atoms with Crippen molar-refractivity contribution in [3.8, 4) is 5.82 Å². The number of hydrogen-bond donors (Lipinski definition) is 0. The molecule has 0 radical (unpaired) electrons. The van der Waals surface area contributed by atoms with E-state index < -0.39 is 5.95 Å². The second kappa shape index (κ2) is 2.69. The topological polar surface area (TPSA) is 43.6 Å². The maximum atomic E-state index is 12.6. The van der Waals surface area contributed by atoms with Gasteiger partial charge < -0.3 is 0 Å². The summed E-state index contributed by atoms with van der Waals surface area (Å²) in [5.41, 5.74) is 0. The molecule has 60 valence electrons. The number of aromatic nitrogens is 4. The summed E-state index contributed by atoms with van der Waals surface area (Å²) < 4.78 is 14.0. The van der Waals surface area contributed by atoms with Crippen LogP contribution in [0.2, 0.25) is 0 Å². The molecule has 0 N–H and O–H groups in total. The van der Waals surface area contributed by atoms with Crippen LogP contribution in [-0.4, -0.2) is 20.0 Å². The average molecular weight is 164 g/mol. The number of rotatable bonds is 1. The lowest BCUT2D eigenvalue weighted by atomic mass is 10.4. The van der Waals surface area contributed by atoms with E-state index in [1.807, 2.05) is 0 Å². The molecule has 2 rings (SSSR count). The highest BCUT2D eigenvalue weighted by atomic mass is 19.1. The van der Waals surface area contributed by atoms with Crippen molar-refractivity contribution in [3.63, 3.8) is 0 Å². The van der Waals surface area contributed by atoms with E-state index in [0.717, 1.165) is 0 Å². The smallest absolute Gasteiger partial charge is 0.202 e. The Balaban J connectivity index is 2.48. The van der Waals surface area contributed by atoms with E-state index in [0.29, 0.717) is 5.82 Å². The fourth-order valence-electron chi connectivity index (χ4n) is 0.856. The van der Waals surface area contributed by atoms with Crippen molar-refractivity contribution in [2.75, 3.05) is 0 Å². The van der Waals surface area contributed by atoms with Crippen LogP contribution in [0.1, 0.15) is 0 Å². The summed E-state index contributed by atoms with van der Waals surface area (Å²) in [6.07, 6.45) is 3.11. The molecule has 0 fully saturated rings. The fraction of sp³-hybridized carbons (Fsp3) is 0. The zero-order chi connectivity index (χ0) is 8.39. The summed E-state index contributed by atoms with van der Waals surface area (Å²) in [4.78, 5) is 3.61. The molecule has 0 bridgehead atoms. The van der Waals surface area contributed by atoms with Gasteiger partial charge in [0.2, 0.25) is 5.95 Å². The molecule has 0 atom stereocenters. The minimum atomic E-state index is -0.525. The Morgan fingerprint density at radius 2 is 2.25 bits per heavy atom. The maximum absolute atomic E-state index is 12.6. The molecule has 0 saturated heterocycles. The molecule has 4 nitrogen and oxygen atoms in total. The highest BCUT2D eigenvalue weighted by Gasteiger charge is 1.98. The molecule has 2 heterocycles. The Morgan fingerprint density at radius 3 is 2.92 bits per heavy atom. The second-order valence-electron chi connectivity index (χ2n) is 2.17. The predicted octanol–water partition coefficient (Wildman–Crippen LogP) is 0.801. The van der Waals surface area contributed by atoms with E-state index in [4.69, 9.17) is 0 Å². The minimum absolute atomic E-state index is 0.424.